The van der Waals surface area contributed by atoms with Gasteiger partial charge < -0.3 is 15.8 Å². The maximum atomic E-state index is 11.7. The van der Waals surface area contributed by atoms with Crippen LogP contribution in [0.4, 0.5) is 0 Å². The highest BCUT2D eigenvalue weighted by atomic mass is 16.5. The Labute approximate surface area is 111 Å². The average molecular weight is 256 g/mol. The fourth-order valence-corrected chi connectivity index (χ4v) is 2.52. The van der Waals surface area contributed by atoms with Crippen molar-refractivity contribution < 1.29 is 9.53 Å². The zero-order valence-electron chi connectivity index (χ0n) is 11.8. The highest BCUT2D eigenvalue weighted by Crippen LogP contribution is 2.29. The number of ether oxygens (including phenoxy) is 1. The van der Waals surface area contributed by atoms with E-state index in [4.69, 9.17) is 10.5 Å². The first kappa shape index (κ1) is 15.4. The van der Waals surface area contributed by atoms with E-state index in [0.717, 1.165) is 24.8 Å². The minimum atomic E-state index is -0.434. The van der Waals surface area contributed by atoms with Gasteiger partial charge in [0.1, 0.15) is 0 Å². The monoisotopic (exact) mass is 256 g/mol. The van der Waals surface area contributed by atoms with Crippen molar-refractivity contribution in [3.8, 4) is 0 Å². The lowest BCUT2D eigenvalue weighted by atomic mass is 9.81. The molecule has 4 nitrogen and oxygen atoms in total. The van der Waals surface area contributed by atoms with Gasteiger partial charge >= 0.3 is 0 Å². The molecule has 1 fully saturated rings. The van der Waals surface area contributed by atoms with Crippen LogP contribution < -0.4 is 11.1 Å². The third kappa shape index (κ3) is 5.83. The molecule has 1 amide bonds. The normalized spacial score (nSPS) is 25.7. The van der Waals surface area contributed by atoms with Crippen LogP contribution in [-0.2, 0) is 9.53 Å². The van der Waals surface area contributed by atoms with Crippen LogP contribution in [0, 0.1) is 11.8 Å². The molecule has 3 N–H and O–H groups in total. The Kier molecular flexibility index (Phi) is 7.28. The van der Waals surface area contributed by atoms with Crippen molar-refractivity contribution in [3.05, 3.63) is 0 Å². The highest BCUT2D eigenvalue weighted by molar-refractivity contribution is 5.81. The first-order chi connectivity index (χ1) is 8.63. The molecule has 18 heavy (non-hydrogen) atoms. The molecule has 1 atom stereocenters. The third-order valence-corrected chi connectivity index (χ3v) is 3.96. The zero-order chi connectivity index (χ0) is 13.4. The Morgan fingerprint density at radius 2 is 2.06 bits per heavy atom. The lowest BCUT2D eigenvalue weighted by molar-refractivity contribution is -0.122. The molecule has 0 spiro atoms. The van der Waals surface area contributed by atoms with Crippen LogP contribution in [-0.4, -0.2) is 32.2 Å². The lowest BCUT2D eigenvalue weighted by Crippen LogP contribution is -2.42. The van der Waals surface area contributed by atoms with Crippen LogP contribution in [0.5, 0.6) is 0 Å². The number of methoxy groups -OCH3 is 1. The van der Waals surface area contributed by atoms with Crippen molar-refractivity contribution in [3.63, 3.8) is 0 Å². The molecule has 1 aliphatic rings. The molecule has 0 saturated heterocycles. The van der Waals surface area contributed by atoms with Crippen LogP contribution in [0.2, 0.25) is 0 Å². The average Bonchev–Trinajstić information content (AvgIpc) is 2.38. The van der Waals surface area contributed by atoms with Gasteiger partial charge in [0.05, 0.1) is 6.04 Å². The molecule has 4 heteroatoms. The molecular formula is C14H28N2O2. The SMILES string of the molecule is COCCC(N)C(=O)NCCC1CCC(C)CC1. The molecule has 0 radical (unpaired) electrons. The second-order valence-corrected chi connectivity index (χ2v) is 5.59. The van der Waals surface area contributed by atoms with Gasteiger partial charge in [-0.05, 0) is 24.7 Å². The molecule has 106 valence electrons. The smallest absolute Gasteiger partial charge is 0.237 e. The largest absolute Gasteiger partial charge is 0.385 e. The molecule has 0 heterocycles. The predicted molar refractivity (Wildman–Crippen MR) is 73.2 cm³/mol. The van der Waals surface area contributed by atoms with E-state index >= 15 is 0 Å². The fraction of sp³-hybridized carbons (Fsp3) is 0.929. The van der Waals surface area contributed by atoms with Crippen LogP contribution in [0.1, 0.15) is 45.4 Å². The minimum absolute atomic E-state index is 0.0452. The quantitative estimate of drug-likeness (QED) is 0.728. The molecule has 0 aromatic heterocycles. The highest BCUT2D eigenvalue weighted by Gasteiger charge is 2.18. The van der Waals surface area contributed by atoms with E-state index in [1.165, 1.54) is 25.7 Å². The topological polar surface area (TPSA) is 64.3 Å². The van der Waals surface area contributed by atoms with E-state index in [-0.39, 0.29) is 5.91 Å². The van der Waals surface area contributed by atoms with Crippen LogP contribution in [0.25, 0.3) is 0 Å². The first-order valence-electron chi connectivity index (χ1n) is 7.15. The number of nitrogens with one attached hydrogen (secondary N) is 1. The van der Waals surface area contributed by atoms with E-state index < -0.39 is 6.04 Å². The number of amides is 1. The van der Waals surface area contributed by atoms with Gasteiger partial charge in [-0.2, -0.15) is 0 Å². The number of carbonyl (C=O) groups is 1. The van der Waals surface area contributed by atoms with Gasteiger partial charge in [-0.1, -0.05) is 32.6 Å². The lowest BCUT2D eigenvalue weighted by Gasteiger charge is -2.26. The van der Waals surface area contributed by atoms with Crippen LogP contribution in [0.3, 0.4) is 0 Å². The number of hydrogen-bond donors (Lipinski definition) is 2. The van der Waals surface area contributed by atoms with E-state index in [1.807, 2.05) is 0 Å². The molecule has 0 bridgehead atoms. The van der Waals surface area contributed by atoms with Gasteiger partial charge in [0.25, 0.3) is 0 Å². The summed E-state index contributed by atoms with van der Waals surface area (Å²) in [4.78, 5) is 11.7. The van der Waals surface area contributed by atoms with E-state index in [9.17, 15) is 4.79 Å². The Morgan fingerprint density at radius 3 is 2.67 bits per heavy atom. The number of nitrogens with two attached hydrogens (primary N) is 1. The summed E-state index contributed by atoms with van der Waals surface area (Å²) in [6.07, 6.45) is 6.98. The van der Waals surface area contributed by atoms with Gasteiger partial charge in [-0.15, -0.1) is 0 Å². The van der Waals surface area contributed by atoms with Crippen molar-refractivity contribution in [2.75, 3.05) is 20.3 Å². The molecule has 1 aliphatic carbocycles. The predicted octanol–water partition coefficient (Wildman–Crippen LogP) is 1.68. The molecule has 0 aromatic carbocycles. The van der Waals surface area contributed by atoms with Gasteiger partial charge in [-0.3, -0.25) is 4.79 Å². The van der Waals surface area contributed by atoms with Gasteiger partial charge in [-0.25, -0.2) is 0 Å². The molecular weight excluding hydrogens is 228 g/mol. The minimum Gasteiger partial charge on any atom is -0.385 e. The summed E-state index contributed by atoms with van der Waals surface area (Å²) in [5.74, 6) is 1.63. The summed E-state index contributed by atoms with van der Waals surface area (Å²) >= 11 is 0. The number of rotatable bonds is 7. The van der Waals surface area contributed by atoms with E-state index in [1.54, 1.807) is 7.11 Å². The van der Waals surface area contributed by atoms with Crippen molar-refractivity contribution in [1.29, 1.82) is 0 Å². The summed E-state index contributed by atoms with van der Waals surface area (Å²) in [7, 11) is 1.62. The van der Waals surface area contributed by atoms with E-state index in [2.05, 4.69) is 12.2 Å². The molecule has 1 unspecified atom stereocenters. The molecule has 1 rings (SSSR count). The maximum absolute atomic E-state index is 11.7. The Morgan fingerprint density at radius 1 is 1.39 bits per heavy atom. The fourth-order valence-electron chi connectivity index (χ4n) is 2.52. The Hall–Kier alpha value is -0.610. The second kappa shape index (κ2) is 8.48. The maximum Gasteiger partial charge on any atom is 0.237 e. The van der Waals surface area contributed by atoms with Crippen LogP contribution in [0.15, 0.2) is 0 Å². The Bertz CT molecular complexity index is 238. The van der Waals surface area contributed by atoms with Crippen LogP contribution >= 0.6 is 0 Å². The zero-order valence-corrected chi connectivity index (χ0v) is 11.8. The summed E-state index contributed by atoms with van der Waals surface area (Å²) in [6, 6.07) is -0.434. The van der Waals surface area contributed by atoms with Crippen molar-refractivity contribution in [2.45, 2.75) is 51.5 Å². The Balaban J connectivity index is 2.08. The summed E-state index contributed by atoms with van der Waals surface area (Å²) < 4.78 is 4.91. The van der Waals surface area contributed by atoms with Crippen molar-refractivity contribution in [1.82, 2.24) is 5.32 Å². The summed E-state index contributed by atoms with van der Waals surface area (Å²) in [5.41, 5.74) is 5.75. The van der Waals surface area contributed by atoms with Gasteiger partial charge in [0.2, 0.25) is 5.91 Å². The second-order valence-electron chi connectivity index (χ2n) is 5.59. The molecule has 0 aromatic rings. The number of hydrogen-bond acceptors (Lipinski definition) is 3. The summed E-state index contributed by atoms with van der Waals surface area (Å²) in [5, 5.41) is 2.93. The van der Waals surface area contributed by atoms with Crippen molar-refractivity contribution >= 4 is 5.91 Å². The van der Waals surface area contributed by atoms with E-state index in [0.29, 0.717) is 13.0 Å². The number of carbonyl (C=O) groups excluding carboxylic acids is 1. The molecule has 0 aliphatic heterocycles. The third-order valence-electron chi connectivity index (χ3n) is 3.96. The standard InChI is InChI=1S/C14H28N2O2/c1-11-3-5-12(6-4-11)7-9-16-14(17)13(15)8-10-18-2/h11-13H,3-10,15H2,1-2H3,(H,16,17). The summed E-state index contributed by atoms with van der Waals surface area (Å²) in [6.45, 7) is 3.63. The van der Waals surface area contributed by atoms with Crippen molar-refractivity contribution in [2.24, 2.45) is 17.6 Å². The first-order valence-corrected chi connectivity index (χ1v) is 7.15. The molecule has 1 saturated carbocycles. The van der Waals surface area contributed by atoms with Gasteiger partial charge in [0.15, 0.2) is 0 Å². The van der Waals surface area contributed by atoms with Gasteiger partial charge in [0, 0.05) is 20.3 Å².